The quantitative estimate of drug-likeness (QED) is 0.816. The molecule has 0 aromatic heterocycles. The molecule has 0 bridgehead atoms. The molecule has 0 atom stereocenters. The summed E-state index contributed by atoms with van der Waals surface area (Å²) in [6, 6.07) is 11.7. The molecular weight excluding hydrogens is 351 g/mol. The van der Waals surface area contributed by atoms with Crippen molar-refractivity contribution in [2.45, 2.75) is 6.18 Å². The molecule has 2 amide bonds. The number of nitriles is 1. The Hall–Kier alpha value is -3.54. The van der Waals surface area contributed by atoms with Crippen LogP contribution < -0.4 is 15.6 Å². The topological polar surface area (TPSA) is 91.2 Å². The minimum atomic E-state index is -4.52. The number of rotatable bonds is 4. The lowest BCUT2D eigenvalue weighted by atomic mass is 10.1. The fourth-order valence-corrected chi connectivity index (χ4v) is 1.84. The Morgan fingerprint density at radius 2 is 1.77 bits per heavy atom. The van der Waals surface area contributed by atoms with Crippen LogP contribution in [0.3, 0.4) is 0 Å². The summed E-state index contributed by atoms with van der Waals surface area (Å²) < 4.78 is 42.7. The first-order valence-electron chi connectivity index (χ1n) is 7.19. The van der Waals surface area contributed by atoms with E-state index in [2.05, 4.69) is 10.9 Å². The zero-order valence-electron chi connectivity index (χ0n) is 13.1. The average molecular weight is 363 g/mol. The minimum Gasteiger partial charge on any atom is -0.484 e. The van der Waals surface area contributed by atoms with Crippen LogP contribution in [-0.2, 0) is 11.0 Å². The van der Waals surface area contributed by atoms with E-state index in [0.717, 1.165) is 18.2 Å². The number of hydrazine groups is 1. The van der Waals surface area contributed by atoms with E-state index in [0.29, 0.717) is 5.56 Å². The van der Waals surface area contributed by atoms with E-state index in [1.54, 1.807) is 0 Å². The highest BCUT2D eigenvalue weighted by molar-refractivity contribution is 5.95. The molecule has 0 aliphatic rings. The van der Waals surface area contributed by atoms with Gasteiger partial charge in [-0.1, -0.05) is 6.07 Å². The maximum absolute atomic E-state index is 12.6. The van der Waals surface area contributed by atoms with Crippen molar-refractivity contribution in [1.29, 1.82) is 5.26 Å². The summed E-state index contributed by atoms with van der Waals surface area (Å²) in [7, 11) is 0. The van der Waals surface area contributed by atoms with Crippen molar-refractivity contribution in [2.75, 3.05) is 6.61 Å². The largest absolute Gasteiger partial charge is 0.484 e. The highest BCUT2D eigenvalue weighted by Crippen LogP contribution is 2.31. The van der Waals surface area contributed by atoms with Gasteiger partial charge in [0.15, 0.2) is 6.61 Å². The molecule has 2 rings (SSSR count). The lowest BCUT2D eigenvalue weighted by Crippen LogP contribution is -2.43. The maximum Gasteiger partial charge on any atom is 0.416 e. The normalized spacial score (nSPS) is 10.5. The predicted molar refractivity (Wildman–Crippen MR) is 83.7 cm³/mol. The van der Waals surface area contributed by atoms with Crippen LogP contribution in [0.2, 0.25) is 0 Å². The molecule has 26 heavy (non-hydrogen) atoms. The molecule has 0 unspecified atom stereocenters. The van der Waals surface area contributed by atoms with Gasteiger partial charge in [-0.15, -0.1) is 0 Å². The van der Waals surface area contributed by atoms with Gasteiger partial charge in [0.25, 0.3) is 11.8 Å². The molecule has 134 valence electrons. The number of amides is 2. The van der Waals surface area contributed by atoms with Crippen LogP contribution in [0.25, 0.3) is 0 Å². The molecule has 2 aromatic carbocycles. The van der Waals surface area contributed by atoms with E-state index in [-0.39, 0.29) is 11.3 Å². The van der Waals surface area contributed by atoms with Gasteiger partial charge in [0, 0.05) is 5.56 Å². The molecule has 2 aromatic rings. The average Bonchev–Trinajstić information content (AvgIpc) is 2.64. The lowest BCUT2D eigenvalue weighted by Gasteiger charge is -2.11. The van der Waals surface area contributed by atoms with Crippen LogP contribution in [0.1, 0.15) is 21.5 Å². The van der Waals surface area contributed by atoms with Crippen molar-refractivity contribution in [3.8, 4) is 11.8 Å². The van der Waals surface area contributed by atoms with Crippen LogP contribution in [0, 0.1) is 11.3 Å². The van der Waals surface area contributed by atoms with E-state index in [9.17, 15) is 22.8 Å². The Morgan fingerprint density at radius 1 is 1.08 bits per heavy atom. The van der Waals surface area contributed by atoms with Crippen molar-refractivity contribution in [3.63, 3.8) is 0 Å². The number of nitrogens with zero attached hydrogens (tertiary/aromatic N) is 1. The molecule has 6 nitrogen and oxygen atoms in total. The Bertz CT molecular complexity index is 843. The molecule has 0 aliphatic carbocycles. The third kappa shape index (κ3) is 5.24. The van der Waals surface area contributed by atoms with E-state index < -0.39 is 30.2 Å². The SMILES string of the molecule is N#Cc1ccc(C(=O)NNC(=O)COc2cccc(C(F)(F)F)c2)cc1. The molecule has 0 aliphatic heterocycles. The highest BCUT2D eigenvalue weighted by atomic mass is 19.4. The molecule has 0 saturated carbocycles. The van der Waals surface area contributed by atoms with E-state index in [1.807, 2.05) is 6.07 Å². The summed E-state index contributed by atoms with van der Waals surface area (Å²) in [6.07, 6.45) is -4.52. The van der Waals surface area contributed by atoms with Gasteiger partial charge in [-0.3, -0.25) is 20.4 Å². The fourth-order valence-electron chi connectivity index (χ4n) is 1.84. The summed E-state index contributed by atoms with van der Waals surface area (Å²) in [6.45, 7) is -0.588. The van der Waals surface area contributed by atoms with Gasteiger partial charge >= 0.3 is 6.18 Å². The fraction of sp³-hybridized carbons (Fsp3) is 0.118. The van der Waals surface area contributed by atoms with Crippen LogP contribution in [0.4, 0.5) is 13.2 Å². The Balaban J connectivity index is 1.83. The Morgan fingerprint density at radius 3 is 2.38 bits per heavy atom. The first-order chi connectivity index (χ1) is 12.3. The van der Waals surface area contributed by atoms with E-state index in [4.69, 9.17) is 10.00 Å². The third-order valence-electron chi connectivity index (χ3n) is 3.12. The lowest BCUT2D eigenvalue weighted by molar-refractivity contribution is -0.137. The van der Waals surface area contributed by atoms with Crippen molar-refractivity contribution in [1.82, 2.24) is 10.9 Å². The summed E-state index contributed by atoms with van der Waals surface area (Å²) in [5.74, 6) is -1.51. The highest BCUT2D eigenvalue weighted by Gasteiger charge is 2.30. The van der Waals surface area contributed by atoms with Crippen molar-refractivity contribution < 1.29 is 27.5 Å². The van der Waals surface area contributed by atoms with Gasteiger partial charge in [-0.2, -0.15) is 18.4 Å². The maximum atomic E-state index is 12.6. The van der Waals surface area contributed by atoms with Gasteiger partial charge in [0.05, 0.1) is 17.2 Å². The smallest absolute Gasteiger partial charge is 0.416 e. The molecular formula is C17H12F3N3O3. The molecule has 0 spiro atoms. The van der Waals surface area contributed by atoms with Gasteiger partial charge < -0.3 is 4.74 Å². The number of carbonyl (C=O) groups excluding carboxylic acids is 2. The molecule has 0 saturated heterocycles. The number of carbonyl (C=O) groups is 2. The van der Waals surface area contributed by atoms with E-state index >= 15 is 0 Å². The van der Waals surface area contributed by atoms with Crippen molar-refractivity contribution in [3.05, 3.63) is 65.2 Å². The number of hydrogen-bond acceptors (Lipinski definition) is 4. The zero-order chi connectivity index (χ0) is 19.2. The van der Waals surface area contributed by atoms with Crippen LogP contribution in [0.5, 0.6) is 5.75 Å². The Kier molecular flexibility index (Phi) is 5.80. The number of alkyl halides is 3. The number of ether oxygens (including phenoxy) is 1. The van der Waals surface area contributed by atoms with Crippen LogP contribution >= 0.6 is 0 Å². The molecule has 0 radical (unpaired) electrons. The molecule has 0 heterocycles. The second-order valence-electron chi connectivity index (χ2n) is 5.01. The number of hydrogen-bond donors (Lipinski definition) is 2. The second-order valence-corrected chi connectivity index (χ2v) is 5.01. The predicted octanol–water partition coefficient (Wildman–Crippen LogP) is 2.42. The molecule has 9 heteroatoms. The standard InChI is InChI=1S/C17H12F3N3O3/c18-17(19,20)13-2-1-3-14(8-13)26-10-15(24)22-23-16(25)12-6-4-11(9-21)5-7-12/h1-8H,10H2,(H,22,24)(H,23,25). The molecule has 2 N–H and O–H groups in total. The summed E-state index contributed by atoms with van der Waals surface area (Å²) >= 11 is 0. The third-order valence-corrected chi connectivity index (χ3v) is 3.12. The first kappa shape index (κ1) is 18.8. The summed E-state index contributed by atoms with van der Waals surface area (Å²) in [5, 5.41) is 8.67. The van der Waals surface area contributed by atoms with Crippen LogP contribution in [-0.4, -0.2) is 18.4 Å². The van der Waals surface area contributed by atoms with Gasteiger partial charge in [0.1, 0.15) is 5.75 Å². The zero-order valence-corrected chi connectivity index (χ0v) is 13.1. The number of nitrogens with one attached hydrogen (secondary N) is 2. The first-order valence-corrected chi connectivity index (χ1v) is 7.19. The molecule has 0 fully saturated rings. The monoisotopic (exact) mass is 363 g/mol. The number of halogens is 3. The van der Waals surface area contributed by atoms with Gasteiger partial charge in [-0.05, 0) is 42.5 Å². The Labute approximate surface area is 146 Å². The van der Waals surface area contributed by atoms with Crippen LogP contribution in [0.15, 0.2) is 48.5 Å². The minimum absolute atomic E-state index is 0.131. The number of benzene rings is 2. The van der Waals surface area contributed by atoms with Crippen molar-refractivity contribution >= 4 is 11.8 Å². The van der Waals surface area contributed by atoms with Gasteiger partial charge in [0.2, 0.25) is 0 Å². The summed E-state index contributed by atoms with van der Waals surface area (Å²) in [5.41, 5.74) is 3.89. The van der Waals surface area contributed by atoms with E-state index in [1.165, 1.54) is 30.3 Å². The summed E-state index contributed by atoms with van der Waals surface area (Å²) in [4.78, 5) is 23.4. The van der Waals surface area contributed by atoms with Crippen molar-refractivity contribution in [2.24, 2.45) is 0 Å². The second kappa shape index (κ2) is 8.02. The van der Waals surface area contributed by atoms with Gasteiger partial charge in [-0.25, -0.2) is 0 Å².